The molecule has 0 aliphatic carbocycles. The minimum atomic E-state index is -1.04. The molecule has 1 fully saturated rings. The van der Waals surface area contributed by atoms with Crippen molar-refractivity contribution in [3.05, 3.63) is 48.3 Å². The molecule has 0 bridgehead atoms. The average Bonchev–Trinajstić information content (AvgIpc) is 3.42. The minimum absolute atomic E-state index is 0.0516. The number of H-pyrrole nitrogens is 1. The Hall–Kier alpha value is -2.93. The Morgan fingerprint density at radius 3 is 3.11 bits per heavy atom. The zero-order valence-corrected chi connectivity index (χ0v) is 15.7. The average molecular weight is 394 g/mol. The van der Waals surface area contributed by atoms with E-state index in [4.69, 9.17) is 5.26 Å². The summed E-state index contributed by atoms with van der Waals surface area (Å²) in [6.45, 7) is -0.0516. The Morgan fingerprint density at radius 2 is 2.32 bits per heavy atom. The first-order chi connectivity index (χ1) is 13.7. The molecule has 28 heavy (non-hydrogen) atoms. The summed E-state index contributed by atoms with van der Waals surface area (Å²) in [4.78, 5) is 18.3. The number of amides is 1. The molecule has 0 spiro atoms. The van der Waals surface area contributed by atoms with E-state index in [1.807, 2.05) is 24.3 Å². The van der Waals surface area contributed by atoms with Crippen LogP contribution in [0.3, 0.4) is 0 Å². The van der Waals surface area contributed by atoms with Gasteiger partial charge in [-0.2, -0.15) is 10.4 Å². The lowest BCUT2D eigenvalue weighted by Crippen LogP contribution is -2.42. The molecule has 1 aromatic carbocycles. The smallest absolute Gasteiger partial charge is 0.238 e. The first-order valence-electron chi connectivity index (χ1n) is 8.74. The summed E-state index contributed by atoms with van der Waals surface area (Å²) in [5.41, 5.74) is 3.16. The number of carbonyl (C=O) groups is 1. The number of hydrogen-bond donors (Lipinski definition) is 3. The molecule has 1 saturated heterocycles. The van der Waals surface area contributed by atoms with E-state index in [9.17, 15) is 9.90 Å². The molecule has 4 rings (SSSR count). The van der Waals surface area contributed by atoms with Crippen molar-refractivity contribution >= 4 is 28.6 Å². The molecule has 1 amide bonds. The summed E-state index contributed by atoms with van der Waals surface area (Å²) in [6, 6.07) is 11.1. The largest absolute Gasteiger partial charge is 0.374 e. The Balaban J connectivity index is 1.54. The van der Waals surface area contributed by atoms with Gasteiger partial charge in [-0.25, -0.2) is 0 Å². The van der Waals surface area contributed by atoms with Gasteiger partial charge in [-0.1, -0.05) is 6.07 Å². The molecule has 3 aromatic rings. The molecule has 1 aliphatic rings. The van der Waals surface area contributed by atoms with E-state index in [1.54, 1.807) is 30.2 Å². The summed E-state index contributed by atoms with van der Waals surface area (Å²) >= 11 is 1.55. The number of thioether (sulfide) groups is 1. The number of nitriles is 1. The molecular weight excluding hydrogens is 376 g/mol. The number of aliphatic hydroxyl groups is 1. The number of aromatic nitrogens is 3. The lowest BCUT2D eigenvalue weighted by atomic mass is 10.0. The maximum absolute atomic E-state index is 12.4. The van der Waals surface area contributed by atoms with Crippen LogP contribution >= 0.6 is 11.8 Å². The SMILES string of the molecule is N#C[C@@H]1CSCN1C(=O)CNC(O)c1ccnc2ccc(-c3ccn[nH]3)cc12. The zero-order chi connectivity index (χ0) is 19.5. The molecular formula is C19H18N6O2S. The van der Waals surface area contributed by atoms with E-state index in [-0.39, 0.29) is 12.5 Å². The van der Waals surface area contributed by atoms with Crippen molar-refractivity contribution in [1.29, 1.82) is 5.26 Å². The van der Waals surface area contributed by atoms with Crippen LogP contribution in [0, 0.1) is 11.3 Å². The number of aliphatic hydroxyl groups excluding tert-OH is 1. The normalized spacial score (nSPS) is 17.6. The van der Waals surface area contributed by atoms with Crippen LogP contribution in [0.15, 0.2) is 42.7 Å². The summed E-state index contributed by atoms with van der Waals surface area (Å²) < 4.78 is 0. The van der Waals surface area contributed by atoms with Crippen LogP contribution in [-0.4, -0.2) is 55.3 Å². The number of nitrogens with one attached hydrogen (secondary N) is 2. The van der Waals surface area contributed by atoms with E-state index in [2.05, 4.69) is 26.6 Å². The van der Waals surface area contributed by atoms with Crippen molar-refractivity contribution in [2.75, 3.05) is 18.2 Å². The standard InChI is InChI=1S/C19H18N6O2S/c20-8-13-10-28-11-25(13)18(26)9-22-19(27)14-3-5-21-17-2-1-12(7-15(14)17)16-4-6-23-24-16/h1-7,13,19,22,27H,9-11H2,(H,23,24)/t13-,19?/m1/s1. The molecule has 0 radical (unpaired) electrons. The van der Waals surface area contributed by atoms with Crippen molar-refractivity contribution in [2.24, 2.45) is 0 Å². The van der Waals surface area contributed by atoms with Crippen LogP contribution in [0.4, 0.5) is 0 Å². The van der Waals surface area contributed by atoms with Gasteiger partial charge in [0.1, 0.15) is 12.3 Å². The highest BCUT2D eigenvalue weighted by Gasteiger charge is 2.29. The molecule has 8 nitrogen and oxygen atoms in total. The number of benzene rings is 1. The number of hydrogen-bond acceptors (Lipinski definition) is 7. The Morgan fingerprint density at radius 1 is 1.43 bits per heavy atom. The molecule has 1 unspecified atom stereocenters. The highest BCUT2D eigenvalue weighted by molar-refractivity contribution is 7.99. The number of carbonyl (C=O) groups excluding carboxylic acids is 1. The van der Waals surface area contributed by atoms with Crippen LogP contribution < -0.4 is 5.32 Å². The monoisotopic (exact) mass is 394 g/mol. The number of aromatic amines is 1. The van der Waals surface area contributed by atoms with Gasteiger partial charge in [-0.05, 0) is 24.3 Å². The van der Waals surface area contributed by atoms with E-state index < -0.39 is 12.3 Å². The molecule has 9 heteroatoms. The van der Waals surface area contributed by atoms with Crippen molar-refractivity contribution in [3.8, 4) is 17.3 Å². The van der Waals surface area contributed by atoms with Gasteiger partial charge < -0.3 is 10.0 Å². The van der Waals surface area contributed by atoms with Crippen LogP contribution in [0.2, 0.25) is 0 Å². The number of pyridine rings is 1. The topological polar surface area (TPSA) is 118 Å². The summed E-state index contributed by atoms with van der Waals surface area (Å²) in [5, 5.41) is 30.3. The molecule has 142 valence electrons. The van der Waals surface area contributed by atoms with Crippen molar-refractivity contribution in [3.63, 3.8) is 0 Å². The van der Waals surface area contributed by atoms with Crippen LogP contribution in [-0.2, 0) is 4.79 Å². The van der Waals surface area contributed by atoms with E-state index in [1.165, 1.54) is 4.90 Å². The molecule has 3 heterocycles. The van der Waals surface area contributed by atoms with E-state index in [0.29, 0.717) is 17.2 Å². The van der Waals surface area contributed by atoms with Gasteiger partial charge in [0.05, 0.1) is 29.7 Å². The first kappa shape index (κ1) is 18.4. The van der Waals surface area contributed by atoms with Gasteiger partial charge in [-0.15, -0.1) is 11.8 Å². The maximum Gasteiger partial charge on any atom is 0.238 e. The minimum Gasteiger partial charge on any atom is -0.374 e. The second-order valence-corrected chi connectivity index (χ2v) is 7.39. The third-order valence-corrected chi connectivity index (χ3v) is 5.69. The lowest BCUT2D eigenvalue weighted by Gasteiger charge is -2.21. The third-order valence-electron chi connectivity index (χ3n) is 4.68. The molecule has 3 N–H and O–H groups in total. The van der Waals surface area contributed by atoms with Gasteiger partial charge in [0.15, 0.2) is 0 Å². The number of nitrogens with zero attached hydrogens (tertiary/aromatic N) is 4. The molecule has 2 atom stereocenters. The fourth-order valence-electron chi connectivity index (χ4n) is 3.18. The van der Waals surface area contributed by atoms with Gasteiger partial charge in [-0.3, -0.25) is 20.2 Å². The maximum atomic E-state index is 12.4. The Bertz CT molecular complexity index is 1030. The first-order valence-corrected chi connectivity index (χ1v) is 9.89. The van der Waals surface area contributed by atoms with Gasteiger partial charge in [0.2, 0.25) is 5.91 Å². The quantitative estimate of drug-likeness (QED) is 0.563. The van der Waals surface area contributed by atoms with Crippen molar-refractivity contribution in [1.82, 2.24) is 25.4 Å². The van der Waals surface area contributed by atoms with Gasteiger partial charge in [0, 0.05) is 34.7 Å². The fourth-order valence-corrected chi connectivity index (χ4v) is 4.28. The van der Waals surface area contributed by atoms with Crippen LogP contribution in [0.1, 0.15) is 11.8 Å². The van der Waals surface area contributed by atoms with Crippen LogP contribution in [0.5, 0.6) is 0 Å². The fraction of sp³-hybridized carbons (Fsp3) is 0.263. The van der Waals surface area contributed by atoms with Gasteiger partial charge in [0.25, 0.3) is 0 Å². The van der Waals surface area contributed by atoms with Crippen molar-refractivity contribution < 1.29 is 9.90 Å². The predicted octanol–water partition coefficient (Wildman–Crippen LogP) is 1.63. The number of fused-ring (bicyclic) bond motifs is 1. The highest BCUT2D eigenvalue weighted by Crippen LogP contribution is 2.27. The van der Waals surface area contributed by atoms with E-state index >= 15 is 0 Å². The molecule has 2 aromatic heterocycles. The summed E-state index contributed by atoms with van der Waals surface area (Å²) in [6.07, 6.45) is 2.27. The lowest BCUT2D eigenvalue weighted by molar-refractivity contribution is -0.130. The second kappa shape index (κ2) is 7.98. The Labute approximate surface area is 165 Å². The van der Waals surface area contributed by atoms with Gasteiger partial charge >= 0.3 is 0 Å². The number of rotatable bonds is 5. The van der Waals surface area contributed by atoms with Crippen LogP contribution in [0.25, 0.3) is 22.2 Å². The zero-order valence-electron chi connectivity index (χ0n) is 14.9. The predicted molar refractivity (Wildman–Crippen MR) is 106 cm³/mol. The Kier molecular flexibility index (Phi) is 5.25. The van der Waals surface area contributed by atoms with Crippen molar-refractivity contribution in [2.45, 2.75) is 12.3 Å². The summed E-state index contributed by atoms with van der Waals surface area (Å²) in [5.74, 6) is 0.920. The molecule has 0 saturated carbocycles. The summed E-state index contributed by atoms with van der Waals surface area (Å²) in [7, 11) is 0. The van der Waals surface area contributed by atoms with E-state index in [0.717, 1.165) is 22.2 Å². The molecule has 1 aliphatic heterocycles. The third kappa shape index (κ3) is 3.57. The highest BCUT2D eigenvalue weighted by atomic mass is 32.2. The second-order valence-electron chi connectivity index (χ2n) is 6.39.